The molecule has 1 aliphatic rings. The van der Waals surface area contributed by atoms with Crippen LogP contribution in [0.1, 0.15) is 12.5 Å². The van der Waals surface area contributed by atoms with Crippen LogP contribution in [-0.4, -0.2) is 55.8 Å². The molecule has 0 radical (unpaired) electrons. The number of carbonyl (C=O) groups is 1. The van der Waals surface area contributed by atoms with Gasteiger partial charge in [0.15, 0.2) is 0 Å². The van der Waals surface area contributed by atoms with E-state index in [0.717, 1.165) is 35.9 Å². The molecule has 0 aliphatic carbocycles. The molecule has 1 fully saturated rings. The zero-order valence-corrected chi connectivity index (χ0v) is 14.7. The number of hydrogen-bond donors (Lipinski definition) is 1. The van der Waals surface area contributed by atoms with Crippen LogP contribution in [0, 0.1) is 5.92 Å². The van der Waals surface area contributed by atoms with Crippen LogP contribution >= 0.6 is 11.8 Å². The lowest BCUT2D eigenvalue weighted by Gasteiger charge is -2.22. The van der Waals surface area contributed by atoms with Crippen LogP contribution in [0.4, 0.5) is 4.79 Å². The second-order valence-electron chi connectivity index (χ2n) is 5.77. The van der Waals surface area contributed by atoms with Gasteiger partial charge in [0, 0.05) is 32.5 Å². The van der Waals surface area contributed by atoms with Gasteiger partial charge in [-0.3, -0.25) is 0 Å². The molecule has 6 heteroatoms. The summed E-state index contributed by atoms with van der Waals surface area (Å²) in [5, 5.41) is 3.01. The molecule has 1 N–H and O–H groups in total. The molecule has 1 heterocycles. The van der Waals surface area contributed by atoms with Gasteiger partial charge >= 0.3 is 6.03 Å². The molecule has 1 aromatic carbocycles. The Bertz CT molecular complexity index is 481. The van der Waals surface area contributed by atoms with Crippen molar-refractivity contribution in [1.82, 2.24) is 10.2 Å². The minimum atomic E-state index is 0.0276. The standard InChI is InChI=1S/C17H26N2O3S/c1-14-12-19(7-10-23-13-14)17(20)18-11-15-3-5-16(6-4-15)22-9-8-21-2/h3-6,14H,7-13H2,1-2H3,(H,18,20). The van der Waals surface area contributed by atoms with E-state index >= 15 is 0 Å². The van der Waals surface area contributed by atoms with Crippen molar-refractivity contribution >= 4 is 17.8 Å². The van der Waals surface area contributed by atoms with Crippen LogP contribution in [0.3, 0.4) is 0 Å². The van der Waals surface area contributed by atoms with Gasteiger partial charge in [-0.1, -0.05) is 19.1 Å². The Kier molecular flexibility index (Phi) is 7.55. The van der Waals surface area contributed by atoms with Crippen molar-refractivity contribution in [2.24, 2.45) is 5.92 Å². The Morgan fingerprint density at radius 2 is 2.13 bits per heavy atom. The monoisotopic (exact) mass is 338 g/mol. The number of thioether (sulfide) groups is 1. The first kappa shape index (κ1) is 17.9. The van der Waals surface area contributed by atoms with Gasteiger partial charge in [0.2, 0.25) is 0 Å². The summed E-state index contributed by atoms with van der Waals surface area (Å²) in [7, 11) is 1.65. The highest BCUT2D eigenvalue weighted by atomic mass is 32.2. The Morgan fingerprint density at radius 3 is 2.87 bits per heavy atom. The summed E-state index contributed by atoms with van der Waals surface area (Å²) in [6, 6.07) is 7.82. The van der Waals surface area contributed by atoms with Crippen LogP contribution in [0.15, 0.2) is 24.3 Å². The first-order valence-electron chi connectivity index (χ1n) is 8.00. The molecule has 1 aromatic rings. The molecule has 5 nitrogen and oxygen atoms in total. The van der Waals surface area contributed by atoms with Crippen molar-refractivity contribution in [3.05, 3.63) is 29.8 Å². The molecule has 0 bridgehead atoms. The summed E-state index contributed by atoms with van der Waals surface area (Å²) in [6.45, 7) is 5.51. The van der Waals surface area contributed by atoms with Gasteiger partial charge in [0.05, 0.1) is 6.61 Å². The highest BCUT2D eigenvalue weighted by Crippen LogP contribution is 2.16. The van der Waals surface area contributed by atoms with E-state index in [0.29, 0.717) is 25.7 Å². The molecular weight excluding hydrogens is 312 g/mol. The fraction of sp³-hybridized carbons (Fsp3) is 0.588. The number of nitrogens with one attached hydrogen (secondary N) is 1. The van der Waals surface area contributed by atoms with Gasteiger partial charge in [0.25, 0.3) is 0 Å². The van der Waals surface area contributed by atoms with Gasteiger partial charge in [-0.05, 0) is 29.4 Å². The van der Waals surface area contributed by atoms with Crippen molar-refractivity contribution in [1.29, 1.82) is 0 Å². The summed E-state index contributed by atoms with van der Waals surface area (Å²) in [6.07, 6.45) is 0. The van der Waals surface area contributed by atoms with Gasteiger partial charge < -0.3 is 19.7 Å². The van der Waals surface area contributed by atoms with E-state index in [-0.39, 0.29) is 6.03 Å². The highest BCUT2D eigenvalue weighted by molar-refractivity contribution is 7.99. The van der Waals surface area contributed by atoms with E-state index in [9.17, 15) is 4.79 Å². The third-order valence-corrected chi connectivity index (χ3v) is 4.93. The number of hydrogen-bond acceptors (Lipinski definition) is 4. The van der Waals surface area contributed by atoms with Crippen molar-refractivity contribution in [2.75, 3.05) is 44.9 Å². The average Bonchev–Trinajstić information content (AvgIpc) is 2.78. The predicted molar refractivity (Wildman–Crippen MR) is 94.1 cm³/mol. The van der Waals surface area contributed by atoms with Crippen molar-refractivity contribution < 1.29 is 14.3 Å². The zero-order valence-electron chi connectivity index (χ0n) is 13.9. The average molecular weight is 338 g/mol. The molecular formula is C17H26N2O3S. The van der Waals surface area contributed by atoms with E-state index in [2.05, 4.69) is 12.2 Å². The predicted octanol–water partition coefficient (Wildman–Crippen LogP) is 2.61. The van der Waals surface area contributed by atoms with Crippen LogP contribution < -0.4 is 10.1 Å². The summed E-state index contributed by atoms with van der Waals surface area (Å²) in [5.41, 5.74) is 1.06. The Labute approximate surface area is 142 Å². The second-order valence-corrected chi connectivity index (χ2v) is 6.92. The molecule has 2 rings (SSSR count). The van der Waals surface area contributed by atoms with E-state index in [1.165, 1.54) is 0 Å². The quantitative estimate of drug-likeness (QED) is 0.810. The lowest BCUT2D eigenvalue weighted by molar-refractivity contribution is 0.146. The third-order valence-electron chi connectivity index (χ3n) is 3.65. The maximum Gasteiger partial charge on any atom is 0.317 e. The van der Waals surface area contributed by atoms with Crippen molar-refractivity contribution in [3.8, 4) is 5.75 Å². The second kappa shape index (κ2) is 9.67. The zero-order chi connectivity index (χ0) is 16.5. The SMILES string of the molecule is COCCOc1ccc(CNC(=O)N2CCSCC(C)C2)cc1. The lowest BCUT2D eigenvalue weighted by Crippen LogP contribution is -2.42. The van der Waals surface area contributed by atoms with Crippen LogP contribution in [-0.2, 0) is 11.3 Å². The van der Waals surface area contributed by atoms with Crippen molar-refractivity contribution in [2.45, 2.75) is 13.5 Å². The molecule has 1 unspecified atom stereocenters. The minimum absolute atomic E-state index is 0.0276. The minimum Gasteiger partial charge on any atom is -0.491 e. The summed E-state index contributed by atoms with van der Waals surface area (Å²) in [5.74, 6) is 3.52. The number of ether oxygens (including phenoxy) is 2. The molecule has 1 aliphatic heterocycles. The number of amides is 2. The van der Waals surface area contributed by atoms with Crippen LogP contribution in [0.2, 0.25) is 0 Å². The lowest BCUT2D eigenvalue weighted by atomic mass is 10.2. The van der Waals surface area contributed by atoms with Gasteiger partial charge in [0.1, 0.15) is 12.4 Å². The molecule has 0 saturated carbocycles. The third kappa shape index (κ3) is 6.31. The molecule has 1 atom stereocenters. The van der Waals surface area contributed by atoms with Crippen molar-refractivity contribution in [3.63, 3.8) is 0 Å². The first-order chi connectivity index (χ1) is 11.2. The Morgan fingerprint density at radius 1 is 1.35 bits per heavy atom. The topological polar surface area (TPSA) is 50.8 Å². The fourth-order valence-corrected chi connectivity index (χ4v) is 3.42. The van der Waals surface area contributed by atoms with E-state index in [1.807, 2.05) is 40.9 Å². The highest BCUT2D eigenvalue weighted by Gasteiger charge is 2.19. The first-order valence-corrected chi connectivity index (χ1v) is 9.15. The number of carbonyl (C=O) groups excluding carboxylic acids is 1. The Hall–Kier alpha value is -1.40. The molecule has 23 heavy (non-hydrogen) atoms. The Balaban J connectivity index is 1.77. The van der Waals surface area contributed by atoms with E-state index in [1.54, 1.807) is 7.11 Å². The van der Waals surface area contributed by atoms with Gasteiger partial charge in [-0.25, -0.2) is 4.79 Å². The van der Waals surface area contributed by atoms with Crippen LogP contribution in [0.5, 0.6) is 5.75 Å². The number of rotatable bonds is 6. The smallest absolute Gasteiger partial charge is 0.317 e. The van der Waals surface area contributed by atoms with Gasteiger partial charge in [-0.2, -0.15) is 11.8 Å². The number of urea groups is 1. The number of methoxy groups -OCH3 is 1. The summed E-state index contributed by atoms with van der Waals surface area (Å²) >= 11 is 1.92. The van der Waals surface area contributed by atoms with E-state index in [4.69, 9.17) is 9.47 Å². The van der Waals surface area contributed by atoms with Crippen LogP contribution in [0.25, 0.3) is 0 Å². The summed E-state index contributed by atoms with van der Waals surface area (Å²) < 4.78 is 10.5. The number of nitrogens with zero attached hydrogens (tertiary/aromatic N) is 1. The maximum atomic E-state index is 12.3. The normalized spacial score (nSPS) is 18.3. The molecule has 2 amide bonds. The molecule has 0 spiro atoms. The van der Waals surface area contributed by atoms with Gasteiger partial charge in [-0.15, -0.1) is 0 Å². The maximum absolute atomic E-state index is 12.3. The largest absolute Gasteiger partial charge is 0.491 e. The summed E-state index contributed by atoms with van der Waals surface area (Å²) in [4.78, 5) is 14.2. The molecule has 1 saturated heterocycles. The number of benzene rings is 1. The fourth-order valence-electron chi connectivity index (χ4n) is 2.40. The molecule has 0 aromatic heterocycles. The van der Waals surface area contributed by atoms with E-state index < -0.39 is 0 Å². The molecule has 128 valence electrons.